The van der Waals surface area contributed by atoms with Gasteiger partial charge in [0.25, 0.3) is 0 Å². The molecule has 0 radical (unpaired) electrons. The van der Waals surface area contributed by atoms with Crippen LogP contribution in [0.2, 0.25) is 5.02 Å². The Balaban J connectivity index is 2.07. The summed E-state index contributed by atoms with van der Waals surface area (Å²) in [5.74, 6) is -1.76. The van der Waals surface area contributed by atoms with Crippen molar-refractivity contribution in [2.24, 2.45) is 0 Å². The number of halogens is 2. The van der Waals surface area contributed by atoms with Crippen LogP contribution in [-0.4, -0.2) is 25.5 Å². The fraction of sp³-hybridized carbons (Fsp3) is 0.118. The smallest absolute Gasteiger partial charge is 0.337 e. The van der Waals surface area contributed by atoms with Gasteiger partial charge in [-0.1, -0.05) is 11.6 Å². The summed E-state index contributed by atoms with van der Waals surface area (Å²) >= 11 is 5.84. The molecule has 0 saturated carbocycles. The molecule has 2 N–H and O–H groups in total. The third-order valence-electron chi connectivity index (χ3n) is 3.20. The highest BCUT2D eigenvalue weighted by atomic mass is 35.5. The number of amides is 1. The minimum atomic E-state index is -0.624. The van der Waals surface area contributed by atoms with E-state index in [0.29, 0.717) is 5.02 Å². The summed E-state index contributed by atoms with van der Waals surface area (Å²) in [7, 11) is 1.21. The van der Waals surface area contributed by atoms with Crippen molar-refractivity contribution in [3.8, 4) is 6.07 Å². The Kier molecular flexibility index (Phi) is 5.93. The van der Waals surface area contributed by atoms with Gasteiger partial charge in [0.1, 0.15) is 11.9 Å². The number of carbonyl (C=O) groups excluding carboxylic acids is 2. The number of nitrogens with zero attached hydrogens (tertiary/aromatic N) is 1. The van der Waals surface area contributed by atoms with E-state index in [1.807, 2.05) is 6.07 Å². The number of anilines is 2. The van der Waals surface area contributed by atoms with Crippen molar-refractivity contribution < 1.29 is 18.7 Å². The predicted octanol–water partition coefficient (Wildman–Crippen LogP) is 3.19. The van der Waals surface area contributed by atoms with Crippen molar-refractivity contribution in [2.75, 3.05) is 24.3 Å². The summed E-state index contributed by atoms with van der Waals surface area (Å²) in [4.78, 5) is 23.5. The zero-order chi connectivity index (χ0) is 18.4. The van der Waals surface area contributed by atoms with Crippen molar-refractivity contribution in [2.45, 2.75) is 0 Å². The lowest BCUT2D eigenvalue weighted by molar-refractivity contribution is -0.114. The molecule has 0 saturated heterocycles. The molecule has 8 heteroatoms. The molecular formula is C17H13ClFN3O3. The number of ether oxygens (including phenoxy) is 1. The molecule has 2 aromatic rings. The Bertz CT molecular complexity index is 865. The van der Waals surface area contributed by atoms with Crippen LogP contribution in [0.5, 0.6) is 0 Å². The lowest BCUT2D eigenvalue weighted by Crippen LogP contribution is -2.22. The van der Waals surface area contributed by atoms with Crippen LogP contribution in [0.15, 0.2) is 36.4 Å². The van der Waals surface area contributed by atoms with Crippen molar-refractivity contribution in [1.82, 2.24) is 0 Å². The quantitative estimate of drug-likeness (QED) is 0.798. The summed E-state index contributed by atoms with van der Waals surface area (Å²) in [6, 6.07) is 9.99. The molecule has 6 nitrogen and oxygen atoms in total. The Hall–Kier alpha value is -3.11. The average molecular weight is 362 g/mol. The van der Waals surface area contributed by atoms with E-state index in [1.54, 1.807) is 0 Å². The van der Waals surface area contributed by atoms with E-state index in [2.05, 4.69) is 15.4 Å². The molecule has 1 amide bonds. The second-order valence-corrected chi connectivity index (χ2v) is 5.33. The van der Waals surface area contributed by atoms with E-state index in [-0.39, 0.29) is 29.0 Å². The number of methoxy groups -OCH3 is 1. The highest BCUT2D eigenvalue weighted by Crippen LogP contribution is 2.21. The maximum atomic E-state index is 13.8. The lowest BCUT2D eigenvalue weighted by Gasteiger charge is -2.11. The number of esters is 1. The van der Waals surface area contributed by atoms with Crippen molar-refractivity contribution in [3.05, 3.63) is 58.4 Å². The molecule has 2 rings (SSSR count). The Labute approximate surface area is 148 Å². The van der Waals surface area contributed by atoms with Gasteiger partial charge in [0.15, 0.2) is 0 Å². The normalized spacial score (nSPS) is 9.84. The molecule has 0 aromatic heterocycles. The summed E-state index contributed by atoms with van der Waals surface area (Å²) in [5.41, 5.74) is 0.625. The number of hydrogen-bond donors (Lipinski definition) is 2. The van der Waals surface area contributed by atoms with Gasteiger partial charge in [-0.15, -0.1) is 0 Å². The van der Waals surface area contributed by atoms with Crippen LogP contribution in [0.1, 0.15) is 15.9 Å². The molecule has 0 unspecified atom stereocenters. The maximum Gasteiger partial charge on any atom is 0.337 e. The minimum absolute atomic E-state index is 0.0235. The first-order valence-corrected chi connectivity index (χ1v) is 7.43. The van der Waals surface area contributed by atoms with Crippen LogP contribution in [0.4, 0.5) is 15.8 Å². The van der Waals surface area contributed by atoms with Gasteiger partial charge in [-0.3, -0.25) is 4.79 Å². The molecule has 0 spiro atoms. The molecular weight excluding hydrogens is 349 g/mol. The van der Waals surface area contributed by atoms with Crippen molar-refractivity contribution in [3.63, 3.8) is 0 Å². The topological polar surface area (TPSA) is 91.2 Å². The summed E-state index contributed by atoms with van der Waals surface area (Å²) < 4.78 is 18.3. The summed E-state index contributed by atoms with van der Waals surface area (Å²) in [6.45, 7) is -0.279. The molecule has 0 bridgehead atoms. The van der Waals surface area contributed by atoms with Crippen LogP contribution in [0, 0.1) is 17.1 Å². The van der Waals surface area contributed by atoms with Gasteiger partial charge < -0.3 is 15.4 Å². The van der Waals surface area contributed by atoms with E-state index in [1.165, 1.54) is 37.4 Å². The van der Waals surface area contributed by atoms with Gasteiger partial charge in [0.05, 0.1) is 36.2 Å². The van der Waals surface area contributed by atoms with Gasteiger partial charge in [-0.25, -0.2) is 9.18 Å². The van der Waals surface area contributed by atoms with E-state index >= 15 is 0 Å². The highest BCUT2D eigenvalue weighted by molar-refractivity contribution is 6.31. The van der Waals surface area contributed by atoms with Gasteiger partial charge in [0.2, 0.25) is 5.91 Å². The van der Waals surface area contributed by atoms with Crippen LogP contribution in [0.25, 0.3) is 0 Å². The molecule has 0 aliphatic carbocycles. The minimum Gasteiger partial charge on any atom is -0.465 e. The number of benzene rings is 2. The zero-order valence-electron chi connectivity index (χ0n) is 13.1. The third-order valence-corrected chi connectivity index (χ3v) is 3.44. The first-order valence-electron chi connectivity index (χ1n) is 7.06. The van der Waals surface area contributed by atoms with Gasteiger partial charge in [0, 0.05) is 5.02 Å². The van der Waals surface area contributed by atoms with Gasteiger partial charge in [-0.2, -0.15) is 5.26 Å². The zero-order valence-corrected chi connectivity index (χ0v) is 13.9. The second-order valence-electron chi connectivity index (χ2n) is 4.89. The highest BCUT2D eigenvalue weighted by Gasteiger charge is 2.12. The van der Waals surface area contributed by atoms with Crippen molar-refractivity contribution in [1.29, 1.82) is 5.26 Å². The lowest BCUT2D eigenvalue weighted by atomic mass is 10.2. The van der Waals surface area contributed by atoms with E-state index < -0.39 is 17.7 Å². The van der Waals surface area contributed by atoms with Crippen molar-refractivity contribution >= 4 is 34.9 Å². The van der Waals surface area contributed by atoms with Crippen LogP contribution < -0.4 is 10.6 Å². The van der Waals surface area contributed by atoms with Crippen LogP contribution >= 0.6 is 11.6 Å². The average Bonchev–Trinajstić information content (AvgIpc) is 2.60. The number of hydrogen-bond acceptors (Lipinski definition) is 5. The number of rotatable bonds is 5. The molecule has 2 aromatic carbocycles. The van der Waals surface area contributed by atoms with E-state index in [0.717, 1.165) is 6.07 Å². The number of nitrogens with one attached hydrogen (secondary N) is 2. The molecule has 25 heavy (non-hydrogen) atoms. The molecule has 0 aliphatic rings. The first kappa shape index (κ1) is 18.2. The fourth-order valence-corrected chi connectivity index (χ4v) is 2.16. The monoisotopic (exact) mass is 361 g/mol. The first-order chi connectivity index (χ1) is 11.9. The SMILES string of the molecule is COC(=O)c1ccc(F)c(NCC(=O)Nc2cc(Cl)ccc2C#N)c1. The molecule has 0 fully saturated rings. The maximum absolute atomic E-state index is 13.8. The van der Waals surface area contributed by atoms with Gasteiger partial charge in [-0.05, 0) is 36.4 Å². The summed E-state index contributed by atoms with van der Waals surface area (Å²) in [6.07, 6.45) is 0. The summed E-state index contributed by atoms with van der Waals surface area (Å²) in [5, 5.41) is 14.5. The Morgan fingerprint density at radius 1 is 1.24 bits per heavy atom. The molecule has 0 aliphatic heterocycles. The van der Waals surface area contributed by atoms with E-state index in [9.17, 15) is 14.0 Å². The Morgan fingerprint density at radius 3 is 2.68 bits per heavy atom. The molecule has 0 atom stereocenters. The predicted molar refractivity (Wildman–Crippen MR) is 91.0 cm³/mol. The van der Waals surface area contributed by atoms with E-state index in [4.69, 9.17) is 16.9 Å². The molecule has 0 heterocycles. The van der Waals surface area contributed by atoms with Crippen LogP contribution in [0.3, 0.4) is 0 Å². The second kappa shape index (κ2) is 8.13. The standard InChI is InChI=1S/C17H13ClFN3O3/c1-25-17(24)10-3-5-13(19)15(6-10)21-9-16(23)22-14-7-12(18)4-2-11(14)8-20/h2-7,21H,9H2,1H3,(H,22,23). The Morgan fingerprint density at radius 2 is 2.00 bits per heavy atom. The van der Waals surface area contributed by atoms with Gasteiger partial charge >= 0.3 is 5.97 Å². The number of nitriles is 1. The number of carbonyl (C=O) groups is 2. The largest absolute Gasteiger partial charge is 0.465 e. The third kappa shape index (κ3) is 4.68. The fourth-order valence-electron chi connectivity index (χ4n) is 1.99. The van der Waals surface area contributed by atoms with Crippen LogP contribution in [-0.2, 0) is 9.53 Å². The molecule has 128 valence electrons.